The molecule has 2 saturated heterocycles. The van der Waals surface area contributed by atoms with Gasteiger partial charge in [-0.1, -0.05) is 6.42 Å². The van der Waals surface area contributed by atoms with E-state index in [1.54, 1.807) is 0 Å². The second-order valence-electron chi connectivity index (χ2n) is 6.82. The summed E-state index contributed by atoms with van der Waals surface area (Å²) in [5.74, 6) is 0. The molecule has 0 radical (unpaired) electrons. The summed E-state index contributed by atoms with van der Waals surface area (Å²) in [5.41, 5.74) is 0. The van der Waals surface area contributed by atoms with E-state index in [0.717, 1.165) is 0 Å². The second kappa shape index (κ2) is 7.05. The first-order valence-corrected chi connectivity index (χ1v) is 8.21. The van der Waals surface area contributed by atoms with Crippen molar-refractivity contribution in [1.82, 2.24) is 10.2 Å². The monoisotopic (exact) mass is 268 g/mol. The van der Waals surface area contributed by atoms with Gasteiger partial charge in [-0.3, -0.25) is 4.90 Å². The zero-order valence-electron chi connectivity index (χ0n) is 13.2. The molecule has 3 atom stereocenters. The van der Waals surface area contributed by atoms with Gasteiger partial charge in [-0.15, -0.1) is 0 Å². The second-order valence-corrected chi connectivity index (χ2v) is 6.82. The summed E-state index contributed by atoms with van der Waals surface area (Å²) in [5, 5.41) is 3.69. The van der Waals surface area contributed by atoms with E-state index >= 15 is 0 Å². The Balaban J connectivity index is 1.94. The highest BCUT2D eigenvalue weighted by atomic mass is 16.5. The molecule has 0 aromatic rings. The Kier molecular flexibility index (Phi) is 5.67. The third-order valence-electron chi connectivity index (χ3n) is 4.65. The average molecular weight is 268 g/mol. The van der Waals surface area contributed by atoms with Gasteiger partial charge in [0.2, 0.25) is 0 Å². The summed E-state index contributed by atoms with van der Waals surface area (Å²) < 4.78 is 5.89. The average Bonchev–Trinajstić information content (AvgIpc) is 2.35. The molecule has 1 N–H and O–H groups in total. The predicted octanol–water partition coefficient (Wildman–Crippen LogP) is 2.79. The molecule has 112 valence electrons. The Morgan fingerprint density at radius 2 is 1.84 bits per heavy atom. The Labute approximate surface area is 119 Å². The lowest BCUT2D eigenvalue weighted by Crippen LogP contribution is -2.52. The van der Waals surface area contributed by atoms with Crippen molar-refractivity contribution in [3.05, 3.63) is 0 Å². The van der Waals surface area contributed by atoms with Gasteiger partial charge in [0.15, 0.2) is 0 Å². The van der Waals surface area contributed by atoms with Crippen molar-refractivity contribution in [2.45, 2.75) is 90.1 Å². The van der Waals surface area contributed by atoms with E-state index in [9.17, 15) is 0 Å². The Bertz CT molecular complexity index is 253. The molecule has 0 saturated carbocycles. The summed E-state index contributed by atoms with van der Waals surface area (Å²) in [6.07, 6.45) is 7.29. The van der Waals surface area contributed by atoms with Crippen LogP contribution >= 0.6 is 0 Å². The standard InChI is InChI=1S/C16H32N2O/c1-12(2)18(11-15-7-5-6-8-17-15)16-9-13(3)19-14(4)10-16/h12-17H,5-11H2,1-4H3. The fourth-order valence-corrected chi connectivity index (χ4v) is 3.76. The quantitative estimate of drug-likeness (QED) is 0.848. The largest absolute Gasteiger partial charge is 0.375 e. The van der Waals surface area contributed by atoms with Crippen molar-refractivity contribution in [3.8, 4) is 0 Å². The van der Waals surface area contributed by atoms with E-state index in [2.05, 4.69) is 37.9 Å². The topological polar surface area (TPSA) is 24.5 Å². The van der Waals surface area contributed by atoms with Gasteiger partial charge in [-0.2, -0.15) is 0 Å². The highest BCUT2D eigenvalue weighted by Gasteiger charge is 2.31. The van der Waals surface area contributed by atoms with Crippen molar-refractivity contribution in [3.63, 3.8) is 0 Å². The van der Waals surface area contributed by atoms with E-state index in [4.69, 9.17) is 4.74 Å². The molecule has 0 spiro atoms. The van der Waals surface area contributed by atoms with E-state index in [0.29, 0.717) is 30.3 Å². The zero-order chi connectivity index (χ0) is 13.8. The van der Waals surface area contributed by atoms with Crippen LogP contribution in [0, 0.1) is 0 Å². The van der Waals surface area contributed by atoms with Crippen molar-refractivity contribution in [1.29, 1.82) is 0 Å². The SMILES string of the molecule is CC1CC(N(CC2CCCCN2)C(C)C)CC(C)O1. The first-order chi connectivity index (χ1) is 9.06. The molecule has 0 amide bonds. The molecule has 2 aliphatic rings. The van der Waals surface area contributed by atoms with Gasteiger partial charge in [0, 0.05) is 24.7 Å². The van der Waals surface area contributed by atoms with Crippen LogP contribution in [0.1, 0.15) is 59.8 Å². The van der Waals surface area contributed by atoms with Gasteiger partial charge in [-0.05, 0) is 59.9 Å². The van der Waals surface area contributed by atoms with Gasteiger partial charge in [0.05, 0.1) is 12.2 Å². The van der Waals surface area contributed by atoms with Crippen LogP contribution in [0.15, 0.2) is 0 Å². The smallest absolute Gasteiger partial charge is 0.0565 e. The maximum atomic E-state index is 5.89. The van der Waals surface area contributed by atoms with E-state index in [-0.39, 0.29) is 0 Å². The highest BCUT2D eigenvalue weighted by molar-refractivity contribution is 4.86. The van der Waals surface area contributed by atoms with Crippen molar-refractivity contribution in [2.75, 3.05) is 13.1 Å². The third-order valence-corrected chi connectivity index (χ3v) is 4.65. The number of nitrogens with zero attached hydrogens (tertiary/aromatic N) is 1. The first kappa shape index (κ1) is 15.3. The van der Waals surface area contributed by atoms with Crippen LogP contribution in [0.3, 0.4) is 0 Å². The minimum Gasteiger partial charge on any atom is -0.375 e. The fourth-order valence-electron chi connectivity index (χ4n) is 3.76. The van der Waals surface area contributed by atoms with Crippen molar-refractivity contribution >= 4 is 0 Å². The number of hydrogen-bond acceptors (Lipinski definition) is 3. The van der Waals surface area contributed by atoms with Crippen LogP contribution < -0.4 is 5.32 Å². The number of rotatable bonds is 4. The number of piperidine rings is 1. The molecule has 2 aliphatic heterocycles. The summed E-state index contributed by atoms with van der Waals surface area (Å²) >= 11 is 0. The molecular formula is C16H32N2O. The van der Waals surface area contributed by atoms with E-state index < -0.39 is 0 Å². The number of nitrogens with one attached hydrogen (secondary N) is 1. The molecule has 3 unspecified atom stereocenters. The molecule has 3 nitrogen and oxygen atoms in total. The lowest BCUT2D eigenvalue weighted by atomic mass is 9.95. The van der Waals surface area contributed by atoms with Crippen LogP contribution in [-0.2, 0) is 4.74 Å². The molecule has 2 rings (SSSR count). The van der Waals surface area contributed by atoms with Gasteiger partial charge < -0.3 is 10.1 Å². The van der Waals surface area contributed by atoms with Gasteiger partial charge in [0.1, 0.15) is 0 Å². The maximum Gasteiger partial charge on any atom is 0.0565 e. The summed E-state index contributed by atoms with van der Waals surface area (Å²) in [6.45, 7) is 11.5. The zero-order valence-corrected chi connectivity index (χ0v) is 13.2. The fraction of sp³-hybridized carbons (Fsp3) is 1.00. The molecule has 0 bridgehead atoms. The van der Waals surface area contributed by atoms with Crippen LogP contribution in [0.4, 0.5) is 0 Å². The molecule has 2 fully saturated rings. The Morgan fingerprint density at radius 3 is 2.37 bits per heavy atom. The molecule has 0 aromatic heterocycles. The summed E-state index contributed by atoms with van der Waals surface area (Å²) in [7, 11) is 0. The van der Waals surface area contributed by atoms with Crippen LogP contribution in [0.25, 0.3) is 0 Å². The van der Waals surface area contributed by atoms with E-state index in [1.165, 1.54) is 45.2 Å². The van der Waals surface area contributed by atoms with Crippen molar-refractivity contribution in [2.24, 2.45) is 0 Å². The number of ether oxygens (including phenoxy) is 1. The van der Waals surface area contributed by atoms with Crippen LogP contribution in [0.5, 0.6) is 0 Å². The molecule has 0 aromatic carbocycles. The number of hydrogen-bond donors (Lipinski definition) is 1. The van der Waals surface area contributed by atoms with Crippen LogP contribution in [0.2, 0.25) is 0 Å². The minimum atomic E-state index is 0.411. The Hall–Kier alpha value is -0.120. The summed E-state index contributed by atoms with van der Waals surface area (Å²) in [6, 6.07) is 2.03. The molecule has 0 aliphatic carbocycles. The summed E-state index contributed by atoms with van der Waals surface area (Å²) in [4.78, 5) is 2.72. The third kappa shape index (κ3) is 4.44. The predicted molar refractivity (Wildman–Crippen MR) is 80.5 cm³/mol. The lowest BCUT2D eigenvalue weighted by Gasteiger charge is -2.43. The lowest BCUT2D eigenvalue weighted by molar-refractivity contribution is -0.0718. The normalized spacial score (nSPS) is 36.9. The first-order valence-electron chi connectivity index (χ1n) is 8.21. The Morgan fingerprint density at radius 1 is 1.16 bits per heavy atom. The maximum absolute atomic E-state index is 5.89. The van der Waals surface area contributed by atoms with Crippen molar-refractivity contribution < 1.29 is 4.74 Å². The highest BCUT2D eigenvalue weighted by Crippen LogP contribution is 2.26. The van der Waals surface area contributed by atoms with Gasteiger partial charge in [-0.25, -0.2) is 0 Å². The van der Waals surface area contributed by atoms with Crippen LogP contribution in [-0.4, -0.2) is 48.3 Å². The molecular weight excluding hydrogens is 236 g/mol. The van der Waals surface area contributed by atoms with Gasteiger partial charge >= 0.3 is 0 Å². The van der Waals surface area contributed by atoms with E-state index in [1.807, 2.05) is 0 Å². The molecule has 3 heteroatoms. The molecule has 2 heterocycles. The molecule has 19 heavy (non-hydrogen) atoms. The minimum absolute atomic E-state index is 0.411. The van der Waals surface area contributed by atoms with Gasteiger partial charge in [0.25, 0.3) is 0 Å².